The number of aromatic nitrogens is 1. The zero-order chi connectivity index (χ0) is 18.0. The lowest BCUT2D eigenvalue weighted by atomic mass is 9.85. The maximum absolute atomic E-state index is 13.3. The summed E-state index contributed by atoms with van der Waals surface area (Å²) in [5.41, 5.74) is 3.47. The Hall–Kier alpha value is -2.30. The normalized spacial score (nSPS) is 27.9. The van der Waals surface area contributed by atoms with Crippen molar-refractivity contribution in [2.45, 2.75) is 57.7 Å². The van der Waals surface area contributed by atoms with E-state index in [4.69, 9.17) is 0 Å². The van der Waals surface area contributed by atoms with Gasteiger partial charge < -0.3 is 14.8 Å². The smallest absolute Gasteiger partial charge is 0.246 e. The van der Waals surface area contributed by atoms with E-state index in [0.717, 1.165) is 37.0 Å². The SMILES string of the molecule is CC(C)C[C@@H]1c2[nH]c3ccccc3c2C[C@H]2C(=O)N3CCC[C@@H]3C(=O)N12. The highest BCUT2D eigenvalue weighted by Crippen LogP contribution is 2.43. The van der Waals surface area contributed by atoms with Crippen molar-refractivity contribution in [3.63, 3.8) is 0 Å². The Balaban J connectivity index is 1.68. The zero-order valence-corrected chi connectivity index (χ0v) is 15.4. The summed E-state index contributed by atoms with van der Waals surface area (Å²) in [6.45, 7) is 5.10. The molecule has 0 radical (unpaired) electrons. The van der Waals surface area contributed by atoms with Crippen molar-refractivity contribution < 1.29 is 9.59 Å². The first-order chi connectivity index (χ1) is 12.6. The van der Waals surface area contributed by atoms with Gasteiger partial charge in [-0.2, -0.15) is 0 Å². The molecule has 136 valence electrons. The first-order valence-electron chi connectivity index (χ1n) is 9.78. The molecular weight excluding hydrogens is 326 g/mol. The van der Waals surface area contributed by atoms with Crippen molar-refractivity contribution in [3.05, 3.63) is 35.5 Å². The summed E-state index contributed by atoms with van der Waals surface area (Å²) in [6.07, 6.45) is 3.25. The van der Waals surface area contributed by atoms with Crippen molar-refractivity contribution in [1.29, 1.82) is 0 Å². The number of fused-ring (bicyclic) bond motifs is 5. The van der Waals surface area contributed by atoms with Gasteiger partial charge in [0.05, 0.1) is 6.04 Å². The second-order valence-corrected chi connectivity index (χ2v) is 8.36. The van der Waals surface area contributed by atoms with Gasteiger partial charge in [0, 0.05) is 29.6 Å². The molecule has 0 bridgehead atoms. The Morgan fingerprint density at radius 1 is 1.15 bits per heavy atom. The topological polar surface area (TPSA) is 56.4 Å². The molecule has 2 saturated heterocycles. The fourth-order valence-electron chi connectivity index (χ4n) is 5.22. The number of hydrogen-bond acceptors (Lipinski definition) is 2. The van der Waals surface area contributed by atoms with E-state index in [2.05, 4.69) is 31.0 Å². The van der Waals surface area contributed by atoms with Crippen molar-refractivity contribution in [1.82, 2.24) is 14.8 Å². The van der Waals surface area contributed by atoms with Crippen LogP contribution >= 0.6 is 0 Å². The Kier molecular flexibility index (Phi) is 3.43. The summed E-state index contributed by atoms with van der Waals surface area (Å²) in [7, 11) is 0. The summed E-state index contributed by atoms with van der Waals surface area (Å²) in [4.78, 5) is 33.9. The van der Waals surface area contributed by atoms with Gasteiger partial charge in [0.25, 0.3) is 0 Å². The lowest BCUT2D eigenvalue weighted by molar-refractivity contribution is -0.163. The molecule has 2 aromatic rings. The third-order valence-electron chi connectivity index (χ3n) is 6.30. The molecular formula is C21H25N3O2. The number of nitrogens with one attached hydrogen (secondary N) is 1. The standard InChI is InChI=1S/C21H25N3O2/c1-12(2)10-17-19-14(13-6-3-4-7-15(13)22-19)11-18-20(25)23-9-5-8-16(23)21(26)24(17)18/h3-4,6-7,12,16-18,22H,5,8-11H2,1-2H3/t16-,17-,18+/m1/s1. The largest absolute Gasteiger partial charge is 0.356 e. The number of carbonyl (C=O) groups is 2. The van der Waals surface area contributed by atoms with Crippen molar-refractivity contribution in [2.75, 3.05) is 6.54 Å². The summed E-state index contributed by atoms with van der Waals surface area (Å²) in [5.74, 6) is 0.751. The van der Waals surface area contributed by atoms with Crippen molar-refractivity contribution in [3.8, 4) is 0 Å². The Labute approximate surface area is 153 Å². The van der Waals surface area contributed by atoms with Gasteiger partial charge in [-0.3, -0.25) is 9.59 Å². The van der Waals surface area contributed by atoms with Crippen LogP contribution in [0.1, 0.15) is 50.4 Å². The molecule has 3 atom stereocenters. The van der Waals surface area contributed by atoms with E-state index in [1.54, 1.807) is 0 Å². The van der Waals surface area contributed by atoms with Gasteiger partial charge in [-0.05, 0) is 36.8 Å². The molecule has 5 nitrogen and oxygen atoms in total. The number of amides is 2. The molecule has 3 aliphatic heterocycles. The number of benzene rings is 1. The monoisotopic (exact) mass is 351 g/mol. The third kappa shape index (κ3) is 2.09. The highest BCUT2D eigenvalue weighted by molar-refractivity contribution is 5.99. The summed E-state index contributed by atoms with van der Waals surface area (Å²) >= 11 is 0. The van der Waals surface area contributed by atoms with Crippen molar-refractivity contribution in [2.24, 2.45) is 5.92 Å². The van der Waals surface area contributed by atoms with Crippen LogP contribution in [-0.2, 0) is 16.0 Å². The van der Waals surface area contributed by atoms with E-state index in [0.29, 0.717) is 12.3 Å². The molecule has 5 rings (SSSR count). The Morgan fingerprint density at radius 2 is 1.96 bits per heavy atom. The van der Waals surface area contributed by atoms with E-state index in [1.165, 1.54) is 10.9 Å². The number of carbonyl (C=O) groups excluding carboxylic acids is 2. The van der Waals surface area contributed by atoms with Gasteiger partial charge >= 0.3 is 0 Å². The van der Waals surface area contributed by atoms with E-state index in [9.17, 15) is 9.59 Å². The van der Waals surface area contributed by atoms with Crippen LogP contribution < -0.4 is 0 Å². The van der Waals surface area contributed by atoms with Crippen LogP contribution in [0, 0.1) is 5.92 Å². The minimum absolute atomic E-state index is 0.0321. The molecule has 2 fully saturated rings. The van der Waals surface area contributed by atoms with E-state index in [-0.39, 0.29) is 29.9 Å². The maximum atomic E-state index is 13.3. The summed E-state index contributed by atoms with van der Waals surface area (Å²) < 4.78 is 0. The highest BCUT2D eigenvalue weighted by atomic mass is 16.2. The highest BCUT2D eigenvalue weighted by Gasteiger charge is 2.52. The van der Waals surface area contributed by atoms with Gasteiger partial charge in [-0.1, -0.05) is 32.0 Å². The van der Waals surface area contributed by atoms with Crippen LogP contribution in [0.4, 0.5) is 0 Å². The first-order valence-corrected chi connectivity index (χ1v) is 9.78. The zero-order valence-electron chi connectivity index (χ0n) is 15.4. The van der Waals surface area contributed by atoms with Gasteiger partial charge in [0.2, 0.25) is 11.8 Å². The molecule has 2 amide bonds. The van der Waals surface area contributed by atoms with Gasteiger partial charge in [-0.15, -0.1) is 0 Å². The lowest BCUT2D eigenvalue weighted by Crippen LogP contribution is -2.65. The number of para-hydroxylation sites is 1. The molecule has 0 saturated carbocycles. The van der Waals surface area contributed by atoms with Crippen LogP contribution in [0.15, 0.2) is 24.3 Å². The van der Waals surface area contributed by atoms with Crippen LogP contribution in [0.3, 0.4) is 0 Å². The predicted molar refractivity (Wildman–Crippen MR) is 99.6 cm³/mol. The molecule has 4 heterocycles. The van der Waals surface area contributed by atoms with Gasteiger partial charge in [0.15, 0.2) is 0 Å². The Bertz CT molecular complexity index is 900. The molecule has 26 heavy (non-hydrogen) atoms. The number of H-pyrrole nitrogens is 1. The molecule has 3 aliphatic rings. The molecule has 0 spiro atoms. The van der Waals surface area contributed by atoms with Crippen LogP contribution in [0.5, 0.6) is 0 Å². The number of aromatic amines is 1. The minimum atomic E-state index is -0.340. The van der Waals surface area contributed by atoms with Gasteiger partial charge in [0.1, 0.15) is 12.1 Å². The predicted octanol–water partition coefficient (Wildman–Crippen LogP) is 3.01. The first kappa shape index (κ1) is 15.9. The molecule has 1 N–H and O–H groups in total. The van der Waals surface area contributed by atoms with Crippen LogP contribution in [0.25, 0.3) is 10.9 Å². The summed E-state index contributed by atoms with van der Waals surface area (Å²) in [6, 6.07) is 7.68. The third-order valence-corrected chi connectivity index (χ3v) is 6.30. The molecule has 0 unspecified atom stereocenters. The average molecular weight is 351 g/mol. The fourth-order valence-corrected chi connectivity index (χ4v) is 5.22. The van der Waals surface area contributed by atoms with Crippen LogP contribution in [-0.4, -0.2) is 45.2 Å². The lowest BCUT2D eigenvalue weighted by Gasteiger charge is -2.48. The molecule has 1 aromatic carbocycles. The number of rotatable bonds is 2. The van der Waals surface area contributed by atoms with Crippen LogP contribution in [0.2, 0.25) is 0 Å². The van der Waals surface area contributed by atoms with Gasteiger partial charge in [-0.25, -0.2) is 0 Å². The molecule has 5 heteroatoms. The average Bonchev–Trinajstić information content (AvgIpc) is 3.24. The molecule has 1 aromatic heterocycles. The number of nitrogens with zero attached hydrogens (tertiary/aromatic N) is 2. The second-order valence-electron chi connectivity index (χ2n) is 8.36. The molecule has 0 aliphatic carbocycles. The fraction of sp³-hybridized carbons (Fsp3) is 0.524. The number of piperazine rings is 1. The minimum Gasteiger partial charge on any atom is -0.356 e. The van der Waals surface area contributed by atoms with Crippen molar-refractivity contribution >= 4 is 22.7 Å². The second kappa shape index (κ2) is 5.60. The summed E-state index contributed by atoms with van der Waals surface area (Å²) in [5, 5.41) is 1.19. The van der Waals surface area contributed by atoms with E-state index in [1.807, 2.05) is 21.9 Å². The maximum Gasteiger partial charge on any atom is 0.246 e. The number of hydrogen-bond donors (Lipinski definition) is 1. The van der Waals surface area contributed by atoms with E-state index < -0.39 is 0 Å². The quantitative estimate of drug-likeness (QED) is 0.904. The van der Waals surface area contributed by atoms with E-state index >= 15 is 0 Å². The Morgan fingerprint density at radius 3 is 2.77 bits per heavy atom.